The van der Waals surface area contributed by atoms with E-state index in [1.54, 1.807) is 22.6 Å². The Labute approximate surface area is 194 Å². The minimum absolute atomic E-state index is 0.0727. The Morgan fingerprint density at radius 3 is 2.62 bits per heavy atom. The van der Waals surface area contributed by atoms with Crippen molar-refractivity contribution in [1.82, 2.24) is 14.9 Å². The summed E-state index contributed by atoms with van der Waals surface area (Å²) < 4.78 is 11.9. The molecule has 0 unspecified atom stereocenters. The summed E-state index contributed by atoms with van der Waals surface area (Å²) in [7, 11) is 1.82. The molecule has 2 aliphatic carbocycles. The topological polar surface area (TPSA) is 84.8 Å². The highest BCUT2D eigenvalue weighted by molar-refractivity contribution is 7.19. The molecular formula is C24H35N3O4S. The molecule has 0 aliphatic heterocycles. The predicted molar refractivity (Wildman–Crippen MR) is 125 cm³/mol. The predicted octanol–water partition coefficient (Wildman–Crippen LogP) is 5.05. The molecule has 1 saturated carbocycles. The van der Waals surface area contributed by atoms with E-state index in [4.69, 9.17) is 9.47 Å². The lowest BCUT2D eigenvalue weighted by atomic mass is 9.92. The zero-order valence-corrected chi connectivity index (χ0v) is 20.6. The molecular weight excluding hydrogens is 426 g/mol. The zero-order valence-electron chi connectivity index (χ0n) is 19.8. The van der Waals surface area contributed by atoms with Crippen LogP contribution < -0.4 is 4.74 Å². The molecule has 0 bridgehead atoms. The monoisotopic (exact) mass is 461 g/mol. The molecule has 2 atom stereocenters. The largest absolute Gasteiger partial charge is 0.474 e. The molecule has 2 heterocycles. The van der Waals surface area contributed by atoms with E-state index in [2.05, 4.69) is 9.97 Å². The quantitative estimate of drug-likeness (QED) is 0.671. The first kappa shape index (κ1) is 23.2. The second-order valence-corrected chi connectivity index (χ2v) is 11.3. The standard InChI is InChI=1S/C24H35N3O4S/c1-14(28)12-15-6-11-18-19(15)20-21(25-13-26-22(20)32-18)30-17-9-7-16(8-10-17)27(5)23(29)31-24(2,3)4/h13-17,28H,6-12H2,1-5H3/t14-,15+,16?,17?/m0/s1. The van der Waals surface area contributed by atoms with Crippen LogP contribution in [0.15, 0.2) is 6.33 Å². The Morgan fingerprint density at radius 1 is 1.25 bits per heavy atom. The van der Waals surface area contributed by atoms with Gasteiger partial charge in [0.15, 0.2) is 0 Å². The first-order valence-electron chi connectivity index (χ1n) is 11.7. The normalized spacial score (nSPS) is 24.2. The van der Waals surface area contributed by atoms with Gasteiger partial charge in [0, 0.05) is 18.0 Å². The molecule has 4 rings (SSSR count). The van der Waals surface area contributed by atoms with E-state index in [1.807, 2.05) is 34.7 Å². The Balaban J connectivity index is 1.44. The van der Waals surface area contributed by atoms with Gasteiger partial charge in [-0.05, 0) is 84.1 Å². The number of aliphatic hydroxyl groups is 1. The van der Waals surface area contributed by atoms with Crippen molar-refractivity contribution in [3.63, 3.8) is 0 Å². The average molecular weight is 462 g/mol. The van der Waals surface area contributed by atoms with Crippen molar-refractivity contribution >= 4 is 27.6 Å². The SMILES string of the molecule is C[C@H](O)C[C@H]1CCc2sc3ncnc(OC4CCC(N(C)C(=O)OC(C)(C)C)CC4)c3c21. The molecule has 0 radical (unpaired) electrons. The lowest BCUT2D eigenvalue weighted by Crippen LogP contribution is -2.43. The number of nitrogens with zero attached hydrogens (tertiary/aromatic N) is 3. The Hall–Kier alpha value is -1.93. The second kappa shape index (κ2) is 9.14. The summed E-state index contributed by atoms with van der Waals surface area (Å²) in [5, 5.41) is 11.0. The maximum Gasteiger partial charge on any atom is 0.410 e. The smallest absolute Gasteiger partial charge is 0.410 e. The van der Waals surface area contributed by atoms with Crippen molar-refractivity contribution in [2.45, 2.75) is 102 Å². The summed E-state index contributed by atoms with van der Waals surface area (Å²) in [5.41, 5.74) is 0.802. The van der Waals surface area contributed by atoms with E-state index in [-0.39, 0.29) is 24.3 Å². The minimum Gasteiger partial charge on any atom is -0.474 e. The lowest BCUT2D eigenvalue weighted by Gasteiger charge is -2.35. The number of carbonyl (C=O) groups excluding carboxylic acids is 1. The molecule has 0 aromatic carbocycles. The van der Waals surface area contributed by atoms with Crippen LogP contribution >= 0.6 is 11.3 Å². The van der Waals surface area contributed by atoms with Crippen LogP contribution in [0.4, 0.5) is 4.79 Å². The molecule has 7 nitrogen and oxygen atoms in total. The maximum absolute atomic E-state index is 12.4. The summed E-state index contributed by atoms with van der Waals surface area (Å²) in [6.07, 6.45) is 7.42. The number of carbonyl (C=O) groups is 1. The average Bonchev–Trinajstić information content (AvgIpc) is 3.26. The lowest BCUT2D eigenvalue weighted by molar-refractivity contribution is 0.0137. The van der Waals surface area contributed by atoms with E-state index >= 15 is 0 Å². The third kappa shape index (κ3) is 5.01. The third-order valence-corrected chi connectivity index (χ3v) is 7.65. The van der Waals surface area contributed by atoms with Crippen LogP contribution in [-0.4, -0.2) is 57.0 Å². The number of hydrogen-bond donors (Lipinski definition) is 1. The molecule has 32 heavy (non-hydrogen) atoms. The van der Waals surface area contributed by atoms with Crippen molar-refractivity contribution < 1.29 is 19.4 Å². The molecule has 1 amide bonds. The summed E-state index contributed by atoms with van der Waals surface area (Å²) in [5.74, 6) is 1.01. The van der Waals surface area contributed by atoms with Gasteiger partial charge in [0.1, 0.15) is 22.9 Å². The van der Waals surface area contributed by atoms with Gasteiger partial charge >= 0.3 is 6.09 Å². The molecule has 1 N–H and O–H groups in total. The van der Waals surface area contributed by atoms with Crippen molar-refractivity contribution in [3.05, 3.63) is 16.8 Å². The number of hydrogen-bond acceptors (Lipinski definition) is 7. The van der Waals surface area contributed by atoms with Gasteiger partial charge in [0.05, 0.1) is 11.5 Å². The highest BCUT2D eigenvalue weighted by Gasteiger charge is 2.33. The maximum atomic E-state index is 12.4. The Kier molecular flexibility index (Phi) is 6.63. The van der Waals surface area contributed by atoms with Crippen LogP contribution in [0.5, 0.6) is 5.88 Å². The first-order chi connectivity index (χ1) is 15.1. The number of rotatable bonds is 5. The molecule has 8 heteroatoms. The van der Waals surface area contributed by atoms with Crippen LogP contribution in [0.3, 0.4) is 0 Å². The summed E-state index contributed by atoms with van der Waals surface area (Å²) >= 11 is 1.73. The van der Waals surface area contributed by atoms with Crippen LogP contribution in [-0.2, 0) is 11.2 Å². The highest BCUT2D eigenvalue weighted by Crippen LogP contribution is 2.47. The van der Waals surface area contributed by atoms with Gasteiger partial charge < -0.3 is 19.5 Å². The molecule has 0 spiro atoms. The fourth-order valence-electron chi connectivity index (χ4n) is 4.97. The number of aliphatic hydroxyl groups excluding tert-OH is 1. The van der Waals surface area contributed by atoms with E-state index in [0.717, 1.165) is 55.2 Å². The molecule has 2 aromatic heterocycles. The second-order valence-electron chi connectivity index (χ2n) is 10.3. The van der Waals surface area contributed by atoms with E-state index in [0.29, 0.717) is 11.8 Å². The van der Waals surface area contributed by atoms with E-state index in [1.165, 1.54) is 10.4 Å². The third-order valence-electron chi connectivity index (χ3n) is 6.47. The van der Waals surface area contributed by atoms with Crippen LogP contribution in [0, 0.1) is 0 Å². The van der Waals surface area contributed by atoms with E-state index in [9.17, 15) is 9.90 Å². The fourth-order valence-corrected chi connectivity index (χ4v) is 6.20. The fraction of sp³-hybridized carbons (Fsp3) is 0.708. The summed E-state index contributed by atoms with van der Waals surface area (Å²) in [6, 6.07) is 0.163. The first-order valence-corrected chi connectivity index (χ1v) is 12.5. The number of aromatic nitrogens is 2. The number of fused-ring (bicyclic) bond motifs is 3. The number of thiophene rings is 1. The summed E-state index contributed by atoms with van der Waals surface area (Å²) in [4.78, 5) is 25.5. The van der Waals surface area contributed by atoms with Gasteiger partial charge in [0.2, 0.25) is 5.88 Å². The Morgan fingerprint density at radius 2 is 1.97 bits per heavy atom. The van der Waals surface area contributed by atoms with Gasteiger partial charge in [-0.25, -0.2) is 14.8 Å². The number of aryl methyl sites for hydroxylation is 1. The highest BCUT2D eigenvalue weighted by atomic mass is 32.1. The van der Waals surface area contributed by atoms with Gasteiger partial charge in [-0.15, -0.1) is 11.3 Å². The van der Waals surface area contributed by atoms with Gasteiger partial charge in [-0.2, -0.15) is 0 Å². The zero-order chi connectivity index (χ0) is 23.0. The molecule has 176 valence electrons. The molecule has 2 aromatic rings. The van der Waals surface area contributed by atoms with Crippen LogP contribution in [0.2, 0.25) is 0 Å². The van der Waals surface area contributed by atoms with Crippen molar-refractivity contribution in [3.8, 4) is 5.88 Å². The minimum atomic E-state index is -0.490. The van der Waals surface area contributed by atoms with Crippen LogP contribution in [0.1, 0.15) is 82.6 Å². The van der Waals surface area contributed by atoms with Gasteiger partial charge in [0.25, 0.3) is 0 Å². The number of ether oxygens (including phenoxy) is 2. The molecule has 2 aliphatic rings. The Bertz CT molecular complexity index is 960. The van der Waals surface area contributed by atoms with Crippen molar-refractivity contribution in [1.29, 1.82) is 0 Å². The number of amides is 1. The van der Waals surface area contributed by atoms with Gasteiger partial charge in [-0.1, -0.05) is 0 Å². The van der Waals surface area contributed by atoms with Crippen molar-refractivity contribution in [2.24, 2.45) is 0 Å². The van der Waals surface area contributed by atoms with Crippen molar-refractivity contribution in [2.75, 3.05) is 7.05 Å². The van der Waals surface area contributed by atoms with Gasteiger partial charge in [-0.3, -0.25) is 0 Å². The van der Waals surface area contributed by atoms with E-state index < -0.39 is 5.60 Å². The molecule has 1 fully saturated rings. The molecule has 0 saturated heterocycles. The summed E-state index contributed by atoms with van der Waals surface area (Å²) in [6.45, 7) is 7.52. The van der Waals surface area contributed by atoms with Crippen LogP contribution in [0.25, 0.3) is 10.2 Å².